The summed E-state index contributed by atoms with van der Waals surface area (Å²) in [5.74, 6) is 0.193. The Bertz CT molecular complexity index is 546. The van der Waals surface area contributed by atoms with Crippen molar-refractivity contribution >= 4 is 11.8 Å². The molecule has 0 radical (unpaired) electrons. The summed E-state index contributed by atoms with van der Waals surface area (Å²) in [7, 11) is 5.22. The van der Waals surface area contributed by atoms with Crippen LogP contribution >= 0.6 is 0 Å². The van der Waals surface area contributed by atoms with E-state index in [2.05, 4.69) is 31.0 Å². The van der Waals surface area contributed by atoms with Crippen molar-refractivity contribution in [2.24, 2.45) is 11.8 Å². The van der Waals surface area contributed by atoms with Gasteiger partial charge in [0, 0.05) is 26.8 Å². The SMILES string of the molecule is CC[C@H](C)[C@H](NC(=O)[C@H]1CCCCN1C)C(=O)N(CCOC)[C@H](CCOCOC)C(C)C. The summed E-state index contributed by atoms with van der Waals surface area (Å²) in [4.78, 5) is 31.0. The Kier molecular flexibility index (Phi) is 14.0. The van der Waals surface area contributed by atoms with E-state index in [1.54, 1.807) is 14.2 Å². The Labute approximate surface area is 195 Å². The number of nitrogens with zero attached hydrogens (tertiary/aromatic N) is 2. The number of nitrogens with one attached hydrogen (secondary N) is 1. The van der Waals surface area contributed by atoms with Crippen LogP contribution in [0.4, 0.5) is 0 Å². The zero-order valence-electron chi connectivity index (χ0n) is 21.4. The van der Waals surface area contributed by atoms with Gasteiger partial charge in [-0.25, -0.2) is 0 Å². The van der Waals surface area contributed by atoms with Gasteiger partial charge in [0.15, 0.2) is 0 Å². The number of rotatable bonds is 15. The van der Waals surface area contributed by atoms with E-state index in [4.69, 9.17) is 14.2 Å². The number of ether oxygens (including phenoxy) is 3. The average molecular weight is 458 g/mol. The molecule has 188 valence electrons. The minimum atomic E-state index is -0.555. The Hall–Kier alpha value is -1.22. The standard InChI is InChI=1S/C24H47N3O5/c1-8-19(4)22(25-23(28)21-11-9-10-13-26(21)5)24(29)27(14-16-30-6)20(18(2)3)12-15-32-17-31-7/h18-22H,8-17H2,1-7H3,(H,25,28)/t19-,20+,21+,22-/m0/s1. The summed E-state index contributed by atoms with van der Waals surface area (Å²) < 4.78 is 15.8. The van der Waals surface area contributed by atoms with Crippen molar-refractivity contribution in [3.05, 3.63) is 0 Å². The zero-order valence-corrected chi connectivity index (χ0v) is 21.4. The van der Waals surface area contributed by atoms with Crippen molar-refractivity contribution < 1.29 is 23.8 Å². The number of hydrogen-bond acceptors (Lipinski definition) is 6. The summed E-state index contributed by atoms with van der Waals surface area (Å²) in [5.41, 5.74) is 0. The highest BCUT2D eigenvalue weighted by molar-refractivity contribution is 5.90. The van der Waals surface area contributed by atoms with Crippen LogP contribution in [0, 0.1) is 11.8 Å². The van der Waals surface area contributed by atoms with Gasteiger partial charge in [0.2, 0.25) is 11.8 Å². The summed E-state index contributed by atoms with van der Waals surface area (Å²) in [6.07, 6.45) is 4.49. The molecule has 1 saturated heterocycles. The minimum absolute atomic E-state index is 0.0182. The van der Waals surface area contributed by atoms with Gasteiger partial charge >= 0.3 is 0 Å². The molecule has 1 N–H and O–H groups in total. The maximum Gasteiger partial charge on any atom is 0.245 e. The van der Waals surface area contributed by atoms with Crippen LogP contribution < -0.4 is 5.32 Å². The van der Waals surface area contributed by atoms with E-state index in [1.807, 2.05) is 18.9 Å². The quantitative estimate of drug-likeness (QED) is 0.301. The Morgan fingerprint density at radius 2 is 1.84 bits per heavy atom. The van der Waals surface area contributed by atoms with E-state index in [9.17, 15) is 9.59 Å². The topological polar surface area (TPSA) is 80.3 Å². The fourth-order valence-corrected chi connectivity index (χ4v) is 4.34. The van der Waals surface area contributed by atoms with Gasteiger partial charge in [-0.05, 0) is 44.7 Å². The van der Waals surface area contributed by atoms with Crippen molar-refractivity contribution in [3.63, 3.8) is 0 Å². The van der Waals surface area contributed by atoms with Crippen LogP contribution in [-0.2, 0) is 23.8 Å². The molecular formula is C24H47N3O5. The molecule has 32 heavy (non-hydrogen) atoms. The summed E-state index contributed by atoms with van der Waals surface area (Å²) >= 11 is 0. The molecule has 1 fully saturated rings. The first-order chi connectivity index (χ1) is 15.3. The molecule has 0 bridgehead atoms. The molecule has 0 spiro atoms. The number of likely N-dealkylation sites (N-methyl/N-ethyl adjacent to an activating group) is 1. The highest BCUT2D eigenvalue weighted by Crippen LogP contribution is 2.21. The van der Waals surface area contributed by atoms with Crippen molar-refractivity contribution in [2.45, 2.75) is 77.9 Å². The van der Waals surface area contributed by atoms with Crippen molar-refractivity contribution in [1.82, 2.24) is 15.1 Å². The monoisotopic (exact) mass is 457 g/mol. The number of carbonyl (C=O) groups excluding carboxylic acids is 2. The first kappa shape index (κ1) is 28.8. The third-order valence-electron chi connectivity index (χ3n) is 6.60. The lowest BCUT2D eigenvalue weighted by Gasteiger charge is -2.39. The van der Waals surface area contributed by atoms with Gasteiger partial charge in [0.25, 0.3) is 0 Å². The number of likely N-dealkylation sites (tertiary alicyclic amines) is 1. The van der Waals surface area contributed by atoms with Crippen LogP contribution in [0.1, 0.15) is 59.8 Å². The zero-order chi connectivity index (χ0) is 24.1. The molecule has 1 aliphatic heterocycles. The highest BCUT2D eigenvalue weighted by atomic mass is 16.7. The highest BCUT2D eigenvalue weighted by Gasteiger charge is 2.36. The predicted octanol–water partition coefficient (Wildman–Crippen LogP) is 2.51. The van der Waals surface area contributed by atoms with E-state index in [1.165, 1.54) is 0 Å². The molecule has 2 amide bonds. The van der Waals surface area contributed by atoms with Crippen LogP contribution in [0.15, 0.2) is 0 Å². The number of hydrogen-bond donors (Lipinski definition) is 1. The Balaban J connectivity index is 3.05. The molecule has 8 heteroatoms. The predicted molar refractivity (Wildman–Crippen MR) is 126 cm³/mol. The van der Waals surface area contributed by atoms with Gasteiger partial charge in [0.1, 0.15) is 12.8 Å². The van der Waals surface area contributed by atoms with Crippen LogP contribution in [-0.4, -0.2) is 94.1 Å². The molecule has 1 aliphatic rings. The van der Waals surface area contributed by atoms with Crippen LogP contribution in [0.25, 0.3) is 0 Å². The number of carbonyl (C=O) groups is 2. The second kappa shape index (κ2) is 15.6. The Morgan fingerprint density at radius 3 is 2.41 bits per heavy atom. The third-order valence-corrected chi connectivity index (χ3v) is 6.60. The molecule has 0 aliphatic carbocycles. The van der Waals surface area contributed by atoms with Gasteiger partial charge in [0.05, 0.1) is 19.3 Å². The maximum absolute atomic E-state index is 13.9. The lowest BCUT2D eigenvalue weighted by molar-refractivity contribution is -0.143. The van der Waals surface area contributed by atoms with E-state index < -0.39 is 6.04 Å². The molecular weight excluding hydrogens is 410 g/mol. The normalized spacial score (nSPS) is 20.1. The van der Waals surface area contributed by atoms with Crippen LogP contribution in [0.3, 0.4) is 0 Å². The van der Waals surface area contributed by atoms with Gasteiger partial charge in [-0.15, -0.1) is 0 Å². The Morgan fingerprint density at radius 1 is 1.12 bits per heavy atom. The molecule has 0 unspecified atom stereocenters. The van der Waals surface area contributed by atoms with Crippen LogP contribution in [0.2, 0.25) is 0 Å². The van der Waals surface area contributed by atoms with E-state index >= 15 is 0 Å². The van der Waals surface area contributed by atoms with Gasteiger partial charge in [-0.3, -0.25) is 14.5 Å². The van der Waals surface area contributed by atoms with Gasteiger partial charge < -0.3 is 24.4 Å². The fourth-order valence-electron chi connectivity index (χ4n) is 4.34. The average Bonchev–Trinajstić information content (AvgIpc) is 2.78. The molecule has 0 saturated carbocycles. The summed E-state index contributed by atoms with van der Waals surface area (Å²) in [6, 6.07) is -0.741. The van der Waals surface area contributed by atoms with E-state index in [-0.39, 0.29) is 42.5 Å². The first-order valence-corrected chi connectivity index (χ1v) is 12.1. The molecule has 1 rings (SSSR count). The van der Waals surface area contributed by atoms with Crippen LogP contribution in [0.5, 0.6) is 0 Å². The molecule has 1 heterocycles. The fraction of sp³-hybridized carbons (Fsp3) is 0.917. The second-order valence-corrected chi connectivity index (χ2v) is 9.30. The minimum Gasteiger partial charge on any atom is -0.383 e. The summed E-state index contributed by atoms with van der Waals surface area (Å²) in [6.45, 7) is 10.9. The van der Waals surface area contributed by atoms with Crippen molar-refractivity contribution in [3.8, 4) is 0 Å². The number of piperidine rings is 1. The number of amides is 2. The number of methoxy groups -OCH3 is 2. The lowest BCUT2D eigenvalue weighted by atomic mass is 9.93. The van der Waals surface area contributed by atoms with Gasteiger partial charge in [-0.1, -0.05) is 40.5 Å². The lowest BCUT2D eigenvalue weighted by Crippen LogP contribution is -2.59. The molecule has 0 aromatic carbocycles. The van der Waals surface area contributed by atoms with E-state index in [0.717, 1.165) is 32.2 Å². The molecule has 0 aromatic heterocycles. The van der Waals surface area contributed by atoms with Gasteiger partial charge in [-0.2, -0.15) is 0 Å². The first-order valence-electron chi connectivity index (χ1n) is 12.1. The smallest absolute Gasteiger partial charge is 0.245 e. The van der Waals surface area contributed by atoms with Crippen molar-refractivity contribution in [1.29, 1.82) is 0 Å². The second-order valence-electron chi connectivity index (χ2n) is 9.30. The summed E-state index contributed by atoms with van der Waals surface area (Å²) in [5, 5.41) is 3.13. The molecule has 4 atom stereocenters. The molecule has 8 nitrogen and oxygen atoms in total. The maximum atomic E-state index is 13.9. The largest absolute Gasteiger partial charge is 0.383 e. The molecule has 0 aromatic rings. The van der Waals surface area contributed by atoms with Crippen molar-refractivity contribution in [2.75, 3.05) is 54.4 Å². The van der Waals surface area contributed by atoms with E-state index in [0.29, 0.717) is 26.2 Å². The third kappa shape index (κ3) is 8.96.